The van der Waals surface area contributed by atoms with E-state index in [1.54, 1.807) is 97.1 Å². The van der Waals surface area contributed by atoms with Gasteiger partial charge in [0.05, 0.1) is 81.1 Å². The molecule has 8 aromatic carbocycles. The number of fused-ring (bicyclic) bond motifs is 8. The first-order chi connectivity index (χ1) is 41.0. The molecule has 19 nitrogen and oxygen atoms in total. The number of thiol groups is 1. The normalized spacial score (nSPS) is 10.6. The Bertz CT molecular complexity index is 4720. The van der Waals surface area contributed by atoms with Crippen LogP contribution in [-0.4, -0.2) is 57.1 Å². The van der Waals surface area contributed by atoms with E-state index in [1.165, 1.54) is 21.3 Å². The van der Waals surface area contributed by atoms with Gasteiger partial charge in [0.25, 0.3) is 5.56 Å². The summed E-state index contributed by atoms with van der Waals surface area (Å²) in [5.41, 5.74) is 8.17. The van der Waals surface area contributed by atoms with Gasteiger partial charge in [-0.05, 0) is 123 Å². The molecule has 0 amide bonds. The van der Waals surface area contributed by atoms with Crippen LogP contribution in [0.5, 0.6) is 11.5 Å². The number of benzene rings is 8. The minimum absolute atomic E-state index is 0. The SMILES string of the molecule is C.COC(=O)c1cccc2oc3ccc(C)cc3c(=O)c12.COC(=O)c1cccc2oc3ccc(C)cc3c(=O)c12.COC(=O)c1cccc2oc3ccc(CBr)cc3c(=O)c12.Cc1ccc2c(c1)-c1n[nH]c(=O)c3cccc(c13)O2.NN.[B]=NS. The van der Waals surface area contributed by atoms with Gasteiger partial charge >= 0.3 is 42.7 Å². The summed E-state index contributed by atoms with van der Waals surface area (Å²) >= 11 is 6.55. The number of carbonyl (C=O) groups excluding carboxylic acids is 3. The molecule has 1 aliphatic heterocycles. The minimum atomic E-state index is -0.552. The molecular weight excluding hydrogens is 1190 g/mol. The molecule has 0 spiro atoms. The fourth-order valence-electron chi connectivity index (χ4n) is 9.40. The zero-order valence-corrected chi connectivity index (χ0v) is 48.7. The van der Waals surface area contributed by atoms with E-state index in [1.807, 2.05) is 69.3 Å². The monoisotopic (exact) mass is 1240 g/mol. The van der Waals surface area contributed by atoms with Gasteiger partial charge in [0.2, 0.25) is 16.3 Å². The van der Waals surface area contributed by atoms with E-state index in [2.05, 4.69) is 62.6 Å². The number of carbonyl (C=O) groups is 3. The standard InChI is InChI=1S/C16H11BrO4.2C16H12O4.C15H10N2O2.CH4.BHNS.H4N2/c1-20-16(19)10-3-2-4-13-14(10)15(18)11-7-9(8-17)5-6-12(11)21-13;2*1-9-6-7-12-11(8-9)15(17)14-10(16(18)19-2)4-3-5-13(14)20-12;1-8-5-6-11-10(7-8)14-13-9(15(18)17-16-14)3-2-4-12(13)19-11;;1-2-3;1-2/h2-7H,8H2,1H3;2*3-8H,1-2H3;2-7H,1H3,(H,17,18);1H4;3H;1-2H2. The number of nitrogens with zero attached hydrogens (tertiary/aromatic N) is 2. The Morgan fingerprint density at radius 3 is 1.36 bits per heavy atom. The number of hydrazine groups is 1. The van der Waals surface area contributed by atoms with Crippen LogP contribution in [0, 0.1) is 20.8 Å². The van der Waals surface area contributed by atoms with Crippen LogP contribution in [0.1, 0.15) is 60.8 Å². The van der Waals surface area contributed by atoms with E-state index in [0.29, 0.717) is 66.1 Å². The summed E-state index contributed by atoms with van der Waals surface area (Å²) in [6.07, 6.45) is 0. The zero-order valence-electron chi connectivity index (χ0n) is 46.2. The van der Waals surface area contributed by atoms with Crippen LogP contribution in [0.3, 0.4) is 0 Å². The molecule has 5 heterocycles. The van der Waals surface area contributed by atoms with Gasteiger partial charge in [0, 0.05) is 10.9 Å². The number of ether oxygens (including phenoxy) is 4. The van der Waals surface area contributed by atoms with Crippen LogP contribution < -0.4 is 38.3 Å². The number of esters is 3. The predicted octanol–water partition coefficient (Wildman–Crippen LogP) is 12.4. The first-order valence-corrected chi connectivity index (χ1v) is 27.0. The van der Waals surface area contributed by atoms with Crippen LogP contribution in [0.15, 0.2) is 182 Å². The fraction of sp³-hybridized carbons (Fsp3) is 0.125. The number of aryl methyl sites for hydroxylation is 3. The molecule has 0 unspecified atom stereocenters. The first kappa shape index (κ1) is 63.7. The summed E-state index contributed by atoms with van der Waals surface area (Å²) < 4.78 is 39.9. The third kappa shape index (κ3) is 12.9. The number of hydrogen-bond donors (Lipinski definition) is 4. The molecule has 0 fully saturated rings. The van der Waals surface area contributed by atoms with Gasteiger partial charge in [-0.3, -0.25) is 30.9 Å². The molecule has 4 aromatic heterocycles. The summed E-state index contributed by atoms with van der Waals surface area (Å²) in [7, 11) is 8.19. The number of nitrogens with two attached hydrogens (primary N) is 2. The molecule has 0 bridgehead atoms. The van der Waals surface area contributed by atoms with Crippen molar-refractivity contribution in [3.8, 4) is 22.8 Å². The third-order valence-electron chi connectivity index (χ3n) is 13.2. The Morgan fingerprint density at radius 1 is 0.535 bits per heavy atom. The third-order valence-corrected chi connectivity index (χ3v) is 13.9. The van der Waals surface area contributed by atoms with Crippen LogP contribution >= 0.6 is 28.7 Å². The topological polar surface area (TPSA) is 289 Å². The molecule has 0 saturated carbocycles. The number of rotatable bonds is 4. The number of hydrogen-bond acceptors (Lipinski definition) is 19. The molecule has 1 radical (unpaired) electrons. The van der Waals surface area contributed by atoms with Crippen molar-refractivity contribution in [2.45, 2.75) is 33.5 Å². The van der Waals surface area contributed by atoms with Crippen LogP contribution in [-0.2, 0) is 19.5 Å². The van der Waals surface area contributed by atoms with Gasteiger partial charge in [-0.1, -0.05) is 88.6 Å². The van der Waals surface area contributed by atoms with E-state index >= 15 is 0 Å². The number of aromatic nitrogens is 2. The Kier molecular flexibility index (Phi) is 20.8. The van der Waals surface area contributed by atoms with E-state index in [0.717, 1.165) is 44.6 Å². The number of methoxy groups -OCH3 is 3. The number of halogens is 1. The Hall–Kier alpha value is -9.87. The van der Waals surface area contributed by atoms with E-state index < -0.39 is 17.9 Å². The first-order valence-electron chi connectivity index (χ1n) is 25.4. The second-order valence-electron chi connectivity index (χ2n) is 18.6. The van der Waals surface area contributed by atoms with Gasteiger partial charge in [0.15, 0.2) is 0 Å². The molecule has 1 aliphatic rings. The predicted molar refractivity (Wildman–Crippen MR) is 341 cm³/mol. The Morgan fingerprint density at radius 2 is 0.930 bits per heavy atom. The van der Waals surface area contributed by atoms with Crippen molar-refractivity contribution >= 4 is 131 Å². The van der Waals surface area contributed by atoms with Gasteiger partial charge in [-0.25, -0.2) is 19.5 Å². The summed E-state index contributed by atoms with van der Waals surface area (Å²) in [5.74, 6) is 7.81. The molecule has 22 heteroatoms. The van der Waals surface area contributed by atoms with Crippen molar-refractivity contribution in [3.63, 3.8) is 0 Å². The number of nitrogens with one attached hydrogen (secondary N) is 1. The Balaban J connectivity index is 0.000000159. The van der Waals surface area contributed by atoms with Crippen molar-refractivity contribution in [1.82, 2.24) is 10.2 Å². The molecule has 0 aliphatic carbocycles. The van der Waals surface area contributed by atoms with Crippen molar-refractivity contribution in [2.75, 3.05) is 21.3 Å². The summed E-state index contributed by atoms with van der Waals surface area (Å²) in [6, 6.07) is 42.3. The summed E-state index contributed by atoms with van der Waals surface area (Å²) in [4.78, 5) is 85.2. The molecule has 0 saturated heterocycles. The van der Waals surface area contributed by atoms with Crippen LogP contribution in [0.2, 0.25) is 0 Å². The molecule has 0 atom stereocenters. The average molecular weight is 1240 g/mol. The maximum absolute atomic E-state index is 12.7. The van der Waals surface area contributed by atoms with Crippen molar-refractivity contribution in [3.05, 3.63) is 226 Å². The summed E-state index contributed by atoms with van der Waals surface area (Å²) in [5, 5.41) is 10.9. The van der Waals surface area contributed by atoms with E-state index in [9.17, 15) is 33.6 Å². The van der Waals surface area contributed by atoms with Crippen LogP contribution in [0.25, 0.3) is 87.8 Å². The summed E-state index contributed by atoms with van der Waals surface area (Å²) in [6.45, 7) is 5.81. The molecule has 435 valence electrons. The van der Waals surface area contributed by atoms with Crippen LogP contribution in [0.4, 0.5) is 0 Å². The molecule has 13 rings (SSSR count). The van der Waals surface area contributed by atoms with Gasteiger partial charge in [-0.2, -0.15) is 5.10 Å². The zero-order chi connectivity index (χ0) is 61.2. The van der Waals surface area contributed by atoms with E-state index in [4.69, 9.17) is 32.2 Å². The number of H-pyrrole nitrogens is 1. The second kappa shape index (κ2) is 28.1. The van der Waals surface area contributed by atoms with Gasteiger partial charge < -0.3 is 32.2 Å². The fourth-order valence-corrected chi connectivity index (χ4v) is 9.75. The van der Waals surface area contributed by atoms with Gasteiger partial charge in [-0.15, -0.1) is 0 Å². The molecule has 86 heavy (non-hydrogen) atoms. The van der Waals surface area contributed by atoms with Crippen molar-refractivity contribution in [1.29, 1.82) is 0 Å². The molecule has 5 N–H and O–H groups in total. The quantitative estimate of drug-likeness (QED) is 0.0186. The molecular formula is C64H54BBrN5O14S. The number of alkyl halides is 1. The molecule has 12 aromatic rings. The average Bonchev–Trinajstić information content (AvgIpc) is 1.39. The Labute approximate surface area is 504 Å². The van der Waals surface area contributed by atoms with Crippen molar-refractivity contribution in [2.24, 2.45) is 16.0 Å². The maximum atomic E-state index is 12.7. The van der Waals surface area contributed by atoms with Gasteiger partial charge in [0.1, 0.15) is 50.7 Å². The van der Waals surface area contributed by atoms with E-state index in [-0.39, 0.29) is 62.1 Å². The van der Waals surface area contributed by atoms with Crippen molar-refractivity contribution < 1.29 is 46.6 Å². The second-order valence-corrected chi connectivity index (χ2v) is 19.4. The number of aromatic amines is 1.